The molecule has 8 heteroatoms. The lowest BCUT2D eigenvalue weighted by molar-refractivity contribution is 0.0996. The van der Waals surface area contributed by atoms with Crippen LogP contribution in [0.1, 0.15) is 16.1 Å². The Morgan fingerprint density at radius 3 is 2.55 bits per heavy atom. The molecule has 0 saturated heterocycles. The molecule has 1 amide bonds. The van der Waals surface area contributed by atoms with E-state index in [4.69, 9.17) is 8.97 Å². The van der Waals surface area contributed by atoms with Crippen LogP contribution in [0.3, 0.4) is 0 Å². The normalized spacial score (nSPS) is 10.3. The highest BCUT2D eigenvalue weighted by atomic mass is 32.2. The van der Waals surface area contributed by atoms with Gasteiger partial charge in [-0.2, -0.15) is 8.42 Å². The molecule has 0 fully saturated rings. The molecule has 2 aromatic rings. The zero-order valence-corrected chi connectivity index (χ0v) is 11.7. The van der Waals surface area contributed by atoms with Gasteiger partial charge in [-0.3, -0.25) is 9.35 Å². The molecule has 0 aliphatic carbocycles. The number of carbonyl (C=O) groups is 1. The van der Waals surface area contributed by atoms with Crippen LogP contribution < -0.4 is 5.32 Å². The number of furan rings is 1. The molecule has 0 unspecified atom stereocenters. The Hall–Kier alpha value is -2.19. The molecule has 0 radical (unpaired) electrons. The predicted molar refractivity (Wildman–Crippen MR) is 73.1 cm³/mol. The van der Waals surface area contributed by atoms with Gasteiger partial charge in [-0.05, 0) is 36.8 Å². The number of nitrogens with one attached hydrogen (secondary N) is 1. The fourth-order valence-corrected chi connectivity index (χ4v) is 1.19. The molecule has 2 heterocycles. The first kappa shape index (κ1) is 15.9. The number of anilines is 1. The predicted octanol–water partition coefficient (Wildman–Crippen LogP) is 1.74. The Balaban J connectivity index is 0.000000347. The summed E-state index contributed by atoms with van der Waals surface area (Å²) in [6.45, 7) is 1.93. The Kier molecular flexibility index (Phi) is 5.42. The van der Waals surface area contributed by atoms with Gasteiger partial charge in [-0.25, -0.2) is 4.98 Å². The molecule has 0 aliphatic rings. The second-order valence-electron chi connectivity index (χ2n) is 3.88. The second-order valence-corrected chi connectivity index (χ2v) is 5.35. The van der Waals surface area contributed by atoms with E-state index in [0.717, 1.165) is 5.56 Å². The van der Waals surface area contributed by atoms with Crippen LogP contribution in [0.2, 0.25) is 0 Å². The molecular formula is C12H14N2O5S. The second kappa shape index (κ2) is 6.83. The summed E-state index contributed by atoms with van der Waals surface area (Å²) in [6, 6.07) is 6.92. The summed E-state index contributed by atoms with van der Waals surface area (Å²) in [4.78, 5) is 15.6. The molecule has 2 rings (SSSR count). The maximum Gasteiger partial charge on any atom is 0.292 e. The molecule has 20 heavy (non-hydrogen) atoms. The highest BCUT2D eigenvalue weighted by Crippen LogP contribution is 2.08. The molecule has 0 bridgehead atoms. The fraction of sp³-hybridized carbons (Fsp3) is 0.167. The summed E-state index contributed by atoms with van der Waals surface area (Å²) in [6.07, 6.45) is 3.82. The van der Waals surface area contributed by atoms with Crippen LogP contribution in [-0.2, 0) is 10.1 Å². The van der Waals surface area contributed by atoms with E-state index in [2.05, 4.69) is 10.3 Å². The quantitative estimate of drug-likeness (QED) is 0.817. The van der Waals surface area contributed by atoms with Gasteiger partial charge in [0.1, 0.15) is 5.82 Å². The van der Waals surface area contributed by atoms with Gasteiger partial charge in [0, 0.05) is 6.20 Å². The van der Waals surface area contributed by atoms with Crippen molar-refractivity contribution < 1.29 is 22.2 Å². The van der Waals surface area contributed by atoms with Crippen LogP contribution in [0.15, 0.2) is 41.1 Å². The number of aryl methyl sites for hydroxylation is 1. The van der Waals surface area contributed by atoms with Gasteiger partial charge in [-0.1, -0.05) is 0 Å². The van der Waals surface area contributed by atoms with E-state index in [1.165, 1.54) is 6.26 Å². The number of rotatable bonds is 2. The third kappa shape index (κ3) is 6.66. The van der Waals surface area contributed by atoms with Crippen molar-refractivity contribution in [1.82, 2.24) is 4.98 Å². The van der Waals surface area contributed by atoms with Crippen LogP contribution in [0, 0.1) is 6.92 Å². The average molecular weight is 298 g/mol. The fourth-order valence-electron chi connectivity index (χ4n) is 1.19. The van der Waals surface area contributed by atoms with Crippen molar-refractivity contribution in [3.8, 4) is 0 Å². The zero-order valence-electron chi connectivity index (χ0n) is 10.9. The third-order valence-corrected chi connectivity index (χ3v) is 1.90. The average Bonchev–Trinajstić information content (AvgIpc) is 2.79. The summed E-state index contributed by atoms with van der Waals surface area (Å²) >= 11 is 0. The van der Waals surface area contributed by atoms with E-state index in [0.29, 0.717) is 12.1 Å². The number of carbonyl (C=O) groups excluding carboxylic acids is 1. The van der Waals surface area contributed by atoms with Gasteiger partial charge in [0.25, 0.3) is 16.0 Å². The van der Waals surface area contributed by atoms with Crippen LogP contribution in [0.25, 0.3) is 0 Å². The topological polar surface area (TPSA) is 110 Å². The summed E-state index contributed by atoms with van der Waals surface area (Å²) in [5.41, 5.74) is 1.04. The lowest BCUT2D eigenvalue weighted by Crippen LogP contribution is -2.11. The molecule has 7 nitrogen and oxygen atoms in total. The molecule has 2 aromatic heterocycles. The third-order valence-electron chi connectivity index (χ3n) is 1.90. The number of hydrogen-bond acceptors (Lipinski definition) is 5. The number of amides is 1. The van der Waals surface area contributed by atoms with Crippen molar-refractivity contribution in [1.29, 1.82) is 0 Å². The monoisotopic (exact) mass is 298 g/mol. The first-order chi connectivity index (χ1) is 9.25. The summed E-state index contributed by atoms with van der Waals surface area (Å²) in [5.74, 6) is 0.507. The minimum atomic E-state index is -3.67. The molecule has 0 spiro atoms. The lowest BCUT2D eigenvalue weighted by Gasteiger charge is -2.02. The molecule has 0 aliphatic heterocycles. The van der Waals surface area contributed by atoms with Crippen LogP contribution in [-0.4, -0.2) is 30.1 Å². The summed E-state index contributed by atoms with van der Waals surface area (Å²) < 4.78 is 30.8. The van der Waals surface area contributed by atoms with Crippen LogP contribution in [0.5, 0.6) is 0 Å². The van der Waals surface area contributed by atoms with Gasteiger partial charge < -0.3 is 9.73 Å². The summed E-state index contributed by atoms with van der Waals surface area (Å²) in [7, 11) is -3.67. The Labute approximate surface area is 116 Å². The van der Waals surface area contributed by atoms with E-state index in [-0.39, 0.29) is 11.7 Å². The Morgan fingerprint density at radius 1 is 1.40 bits per heavy atom. The Morgan fingerprint density at radius 2 is 2.05 bits per heavy atom. The standard InChI is InChI=1S/C11H10N2O2.CH4O3S/c1-8-4-5-12-10(7-8)13-11(14)9-3-2-6-15-9;1-5(2,3)4/h2-7H,1H3,(H,12,13,14);1H3,(H,2,3,4). The van der Waals surface area contributed by atoms with Crippen molar-refractivity contribution in [2.45, 2.75) is 6.92 Å². The molecule has 0 saturated carbocycles. The van der Waals surface area contributed by atoms with E-state index in [1.54, 1.807) is 24.4 Å². The SMILES string of the molecule is CS(=O)(=O)O.Cc1ccnc(NC(=O)c2ccco2)c1. The van der Waals surface area contributed by atoms with Gasteiger partial charge >= 0.3 is 0 Å². The minimum Gasteiger partial charge on any atom is -0.459 e. The van der Waals surface area contributed by atoms with E-state index in [1.807, 2.05) is 13.0 Å². The first-order valence-electron chi connectivity index (χ1n) is 5.45. The highest BCUT2D eigenvalue weighted by Gasteiger charge is 2.08. The lowest BCUT2D eigenvalue weighted by atomic mass is 10.3. The van der Waals surface area contributed by atoms with Crippen molar-refractivity contribution >= 4 is 21.8 Å². The number of hydrogen-bond donors (Lipinski definition) is 2. The van der Waals surface area contributed by atoms with Crippen molar-refractivity contribution in [2.75, 3.05) is 11.6 Å². The van der Waals surface area contributed by atoms with Crippen LogP contribution >= 0.6 is 0 Å². The maximum absolute atomic E-state index is 11.5. The van der Waals surface area contributed by atoms with Gasteiger partial charge in [0.15, 0.2) is 5.76 Å². The maximum atomic E-state index is 11.5. The van der Waals surface area contributed by atoms with Crippen molar-refractivity contribution in [2.24, 2.45) is 0 Å². The zero-order chi connectivity index (χ0) is 15.2. The van der Waals surface area contributed by atoms with Gasteiger partial charge in [0.05, 0.1) is 12.5 Å². The highest BCUT2D eigenvalue weighted by molar-refractivity contribution is 7.85. The van der Waals surface area contributed by atoms with E-state index < -0.39 is 10.1 Å². The van der Waals surface area contributed by atoms with Crippen molar-refractivity contribution in [3.63, 3.8) is 0 Å². The van der Waals surface area contributed by atoms with E-state index in [9.17, 15) is 13.2 Å². The van der Waals surface area contributed by atoms with Crippen LogP contribution in [0.4, 0.5) is 5.82 Å². The molecule has 0 atom stereocenters. The molecule has 108 valence electrons. The molecule has 0 aromatic carbocycles. The largest absolute Gasteiger partial charge is 0.459 e. The smallest absolute Gasteiger partial charge is 0.292 e. The molecular weight excluding hydrogens is 284 g/mol. The Bertz CT molecular complexity index is 657. The van der Waals surface area contributed by atoms with Gasteiger partial charge in [0.2, 0.25) is 0 Å². The number of nitrogens with zero attached hydrogens (tertiary/aromatic N) is 1. The van der Waals surface area contributed by atoms with E-state index >= 15 is 0 Å². The molecule has 2 N–H and O–H groups in total. The first-order valence-corrected chi connectivity index (χ1v) is 7.30. The summed E-state index contributed by atoms with van der Waals surface area (Å²) in [5, 5.41) is 2.64. The van der Waals surface area contributed by atoms with Crippen molar-refractivity contribution in [3.05, 3.63) is 48.0 Å². The number of pyridine rings is 1. The number of aromatic nitrogens is 1. The van der Waals surface area contributed by atoms with Gasteiger partial charge in [-0.15, -0.1) is 0 Å². The minimum absolute atomic E-state index is 0.276.